The number of halogens is 1. The van der Waals surface area contributed by atoms with Crippen LogP contribution in [-0.4, -0.2) is 33.4 Å². The molecule has 0 N–H and O–H groups in total. The first-order valence-electron chi connectivity index (χ1n) is 7.37. The summed E-state index contributed by atoms with van der Waals surface area (Å²) in [6.45, 7) is 0.487. The molecule has 0 radical (unpaired) electrons. The highest BCUT2D eigenvalue weighted by molar-refractivity contribution is 9.10. The van der Waals surface area contributed by atoms with E-state index in [4.69, 9.17) is 18.9 Å². The average Bonchev–Trinajstić information content (AvgIpc) is 2.60. The van der Waals surface area contributed by atoms with Crippen LogP contribution < -0.4 is 14.2 Å². The van der Waals surface area contributed by atoms with E-state index >= 15 is 0 Å². The number of benzene rings is 2. The molecule has 128 valence electrons. The molecule has 2 aromatic rings. The molecule has 0 aliphatic rings. The van der Waals surface area contributed by atoms with Gasteiger partial charge in [0.1, 0.15) is 30.5 Å². The van der Waals surface area contributed by atoms with Crippen LogP contribution in [-0.2, 0) is 16.0 Å². The molecule has 0 unspecified atom stereocenters. The van der Waals surface area contributed by atoms with Crippen LogP contribution in [0.1, 0.15) is 5.56 Å². The van der Waals surface area contributed by atoms with Crippen LogP contribution in [0.25, 0.3) is 0 Å². The van der Waals surface area contributed by atoms with Gasteiger partial charge in [-0.2, -0.15) is 0 Å². The highest BCUT2D eigenvalue weighted by Crippen LogP contribution is 2.25. The molecule has 0 saturated carbocycles. The molecule has 24 heavy (non-hydrogen) atoms. The Morgan fingerprint density at radius 1 is 0.958 bits per heavy atom. The predicted molar refractivity (Wildman–Crippen MR) is 93.8 cm³/mol. The predicted octanol–water partition coefficient (Wildman–Crippen LogP) is 3.63. The molecule has 0 fully saturated rings. The number of hydrogen-bond acceptors (Lipinski definition) is 5. The van der Waals surface area contributed by atoms with Gasteiger partial charge in [-0.15, -0.1) is 0 Å². The van der Waals surface area contributed by atoms with Crippen molar-refractivity contribution in [1.29, 1.82) is 0 Å². The monoisotopic (exact) mass is 394 g/mol. The third kappa shape index (κ3) is 5.45. The zero-order valence-electron chi connectivity index (χ0n) is 13.6. The largest absolute Gasteiger partial charge is 0.497 e. The molecule has 0 aliphatic heterocycles. The second kappa shape index (κ2) is 9.17. The fraction of sp³-hybridized carbons (Fsp3) is 0.278. The van der Waals surface area contributed by atoms with E-state index in [0.717, 1.165) is 15.8 Å². The van der Waals surface area contributed by atoms with E-state index in [9.17, 15) is 4.79 Å². The second-order valence-corrected chi connectivity index (χ2v) is 5.79. The molecule has 2 aromatic carbocycles. The van der Waals surface area contributed by atoms with Gasteiger partial charge < -0.3 is 18.9 Å². The lowest BCUT2D eigenvalue weighted by Gasteiger charge is -2.11. The van der Waals surface area contributed by atoms with Gasteiger partial charge in [-0.05, 0) is 30.3 Å². The maximum Gasteiger partial charge on any atom is 0.310 e. The SMILES string of the molecule is COc1ccc(CC(=O)OCCOc2ccc(Br)cc2)c(OC)c1. The molecule has 2 rings (SSSR count). The molecule has 5 nitrogen and oxygen atoms in total. The summed E-state index contributed by atoms with van der Waals surface area (Å²) < 4.78 is 22.1. The van der Waals surface area contributed by atoms with Crippen molar-refractivity contribution in [2.75, 3.05) is 27.4 Å². The van der Waals surface area contributed by atoms with Gasteiger partial charge in [0.05, 0.1) is 20.6 Å². The minimum absolute atomic E-state index is 0.130. The smallest absolute Gasteiger partial charge is 0.310 e. The molecule has 0 spiro atoms. The van der Waals surface area contributed by atoms with Crippen LogP contribution >= 0.6 is 15.9 Å². The van der Waals surface area contributed by atoms with Crippen molar-refractivity contribution in [3.05, 3.63) is 52.5 Å². The highest BCUT2D eigenvalue weighted by atomic mass is 79.9. The maximum atomic E-state index is 11.9. The first-order chi connectivity index (χ1) is 11.6. The van der Waals surface area contributed by atoms with Gasteiger partial charge in [-0.3, -0.25) is 4.79 Å². The lowest BCUT2D eigenvalue weighted by Crippen LogP contribution is -2.14. The first kappa shape index (κ1) is 18.1. The van der Waals surface area contributed by atoms with E-state index in [1.807, 2.05) is 24.3 Å². The average molecular weight is 395 g/mol. The molecule has 0 saturated heterocycles. The Balaban J connectivity index is 1.78. The summed E-state index contributed by atoms with van der Waals surface area (Å²) in [4.78, 5) is 11.9. The molecule has 0 heterocycles. The van der Waals surface area contributed by atoms with Crippen molar-refractivity contribution in [2.24, 2.45) is 0 Å². The van der Waals surface area contributed by atoms with Crippen molar-refractivity contribution in [3.8, 4) is 17.2 Å². The standard InChI is InChI=1S/C18H19BrO5/c1-21-16-6-3-13(17(12-16)22-2)11-18(20)24-10-9-23-15-7-4-14(19)5-8-15/h3-8,12H,9-11H2,1-2H3. The van der Waals surface area contributed by atoms with Crippen molar-refractivity contribution in [3.63, 3.8) is 0 Å². The Morgan fingerprint density at radius 3 is 2.33 bits per heavy atom. The summed E-state index contributed by atoms with van der Waals surface area (Å²) in [5, 5.41) is 0. The van der Waals surface area contributed by atoms with E-state index in [2.05, 4.69) is 15.9 Å². The molecule has 0 aromatic heterocycles. The first-order valence-corrected chi connectivity index (χ1v) is 8.16. The Kier molecular flexibility index (Phi) is 6.93. The summed E-state index contributed by atoms with van der Waals surface area (Å²) in [6.07, 6.45) is 0.130. The van der Waals surface area contributed by atoms with Crippen molar-refractivity contribution < 1.29 is 23.7 Å². The number of carbonyl (C=O) groups is 1. The van der Waals surface area contributed by atoms with Gasteiger partial charge in [-0.25, -0.2) is 0 Å². The van der Waals surface area contributed by atoms with E-state index < -0.39 is 0 Å². The lowest BCUT2D eigenvalue weighted by molar-refractivity contribution is -0.143. The van der Waals surface area contributed by atoms with E-state index in [0.29, 0.717) is 18.1 Å². The molecule has 0 atom stereocenters. The number of carbonyl (C=O) groups excluding carboxylic acids is 1. The van der Waals surface area contributed by atoms with Crippen LogP contribution in [0, 0.1) is 0 Å². The van der Waals surface area contributed by atoms with Crippen molar-refractivity contribution >= 4 is 21.9 Å². The topological polar surface area (TPSA) is 54.0 Å². The maximum absolute atomic E-state index is 11.9. The Morgan fingerprint density at radius 2 is 1.67 bits per heavy atom. The molecule has 0 aliphatic carbocycles. The molecule has 6 heteroatoms. The van der Waals surface area contributed by atoms with Crippen molar-refractivity contribution in [2.45, 2.75) is 6.42 Å². The van der Waals surface area contributed by atoms with Crippen LogP contribution in [0.2, 0.25) is 0 Å². The summed E-state index contributed by atoms with van der Waals surface area (Å²) in [5.41, 5.74) is 0.747. The summed E-state index contributed by atoms with van der Waals surface area (Å²) in [5.74, 6) is 1.66. The fourth-order valence-corrected chi connectivity index (χ4v) is 2.31. The summed E-state index contributed by atoms with van der Waals surface area (Å²) >= 11 is 3.36. The van der Waals surface area contributed by atoms with Crippen LogP contribution in [0.4, 0.5) is 0 Å². The number of hydrogen-bond donors (Lipinski definition) is 0. The minimum Gasteiger partial charge on any atom is -0.497 e. The van der Waals surface area contributed by atoms with Crippen LogP contribution in [0.3, 0.4) is 0 Å². The summed E-state index contributed by atoms with van der Waals surface area (Å²) in [7, 11) is 3.13. The zero-order chi connectivity index (χ0) is 17.4. The third-order valence-corrected chi connectivity index (χ3v) is 3.79. The molecular formula is C18H19BrO5. The van der Waals surface area contributed by atoms with E-state index in [-0.39, 0.29) is 19.0 Å². The summed E-state index contributed by atoms with van der Waals surface area (Å²) in [6, 6.07) is 12.8. The lowest BCUT2D eigenvalue weighted by atomic mass is 10.1. The minimum atomic E-state index is -0.335. The third-order valence-electron chi connectivity index (χ3n) is 3.26. The molecule has 0 amide bonds. The van der Waals surface area contributed by atoms with Crippen LogP contribution in [0.15, 0.2) is 46.9 Å². The quantitative estimate of drug-likeness (QED) is 0.505. The normalized spacial score (nSPS) is 10.1. The fourth-order valence-electron chi connectivity index (χ4n) is 2.05. The van der Waals surface area contributed by atoms with Crippen molar-refractivity contribution in [1.82, 2.24) is 0 Å². The second-order valence-electron chi connectivity index (χ2n) is 4.88. The van der Waals surface area contributed by atoms with Gasteiger partial charge in [-0.1, -0.05) is 22.0 Å². The highest BCUT2D eigenvalue weighted by Gasteiger charge is 2.11. The Hall–Kier alpha value is -2.21. The Labute approximate surface area is 149 Å². The molecule has 0 bridgehead atoms. The van der Waals surface area contributed by atoms with Crippen LogP contribution in [0.5, 0.6) is 17.2 Å². The number of ether oxygens (including phenoxy) is 4. The van der Waals surface area contributed by atoms with E-state index in [1.165, 1.54) is 0 Å². The number of esters is 1. The van der Waals surface area contributed by atoms with Gasteiger partial charge in [0.25, 0.3) is 0 Å². The van der Waals surface area contributed by atoms with E-state index in [1.54, 1.807) is 32.4 Å². The molecular weight excluding hydrogens is 376 g/mol. The zero-order valence-corrected chi connectivity index (χ0v) is 15.2. The van der Waals surface area contributed by atoms with Gasteiger partial charge in [0, 0.05) is 16.1 Å². The van der Waals surface area contributed by atoms with Gasteiger partial charge in [0.15, 0.2) is 0 Å². The number of methoxy groups -OCH3 is 2. The Bertz CT molecular complexity index is 670. The number of rotatable bonds is 8. The van der Waals surface area contributed by atoms with Gasteiger partial charge >= 0.3 is 5.97 Å². The van der Waals surface area contributed by atoms with Gasteiger partial charge in [0.2, 0.25) is 0 Å².